The molecule has 2 aromatic rings. The van der Waals surface area contributed by atoms with Crippen LogP contribution in [-0.4, -0.2) is 68.6 Å². The molecule has 1 N–H and O–H groups in total. The van der Waals surface area contributed by atoms with E-state index in [-0.39, 0.29) is 5.91 Å². The second kappa shape index (κ2) is 9.59. The van der Waals surface area contributed by atoms with Crippen LogP contribution in [0.4, 0.5) is 0 Å². The highest BCUT2D eigenvalue weighted by Crippen LogP contribution is 2.24. The summed E-state index contributed by atoms with van der Waals surface area (Å²) in [5, 5.41) is 5.69. The van der Waals surface area contributed by atoms with Crippen LogP contribution >= 0.6 is 0 Å². The SMILES string of the molecule is CN1CCN(C(=O)c2ccc3cc(OCCCC4CCCNC4)ccc3c2)CC1. The summed E-state index contributed by atoms with van der Waals surface area (Å²) >= 11 is 0. The number of amides is 1. The Morgan fingerprint density at radius 1 is 1.10 bits per heavy atom. The Bertz CT molecular complexity index is 824. The van der Waals surface area contributed by atoms with E-state index in [4.69, 9.17) is 4.74 Å². The Kier molecular flexibility index (Phi) is 6.67. The quantitative estimate of drug-likeness (QED) is 0.762. The van der Waals surface area contributed by atoms with Gasteiger partial charge in [-0.1, -0.05) is 12.1 Å². The van der Waals surface area contributed by atoms with Gasteiger partial charge in [0, 0.05) is 31.7 Å². The first kappa shape index (κ1) is 20.2. The van der Waals surface area contributed by atoms with Crippen molar-refractivity contribution >= 4 is 16.7 Å². The molecular weight excluding hydrogens is 362 g/mol. The maximum absolute atomic E-state index is 12.8. The zero-order valence-corrected chi connectivity index (χ0v) is 17.5. The molecule has 2 saturated heterocycles. The molecule has 2 heterocycles. The van der Waals surface area contributed by atoms with E-state index in [0.717, 1.165) is 73.8 Å². The number of hydrogen-bond donors (Lipinski definition) is 1. The summed E-state index contributed by atoms with van der Waals surface area (Å²) in [6.45, 7) is 6.59. The number of fused-ring (bicyclic) bond motifs is 1. The van der Waals surface area contributed by atoms with E-state index >= 15 is 0 Å². The average molecular weight is 396 g/mol. The number of rotatable bonds is 6. The molecule has 0 radical (unpaired) electrons. The second-order valence-corrected chi connectivity index (χ2v) is 8.52. The van der Waals surface area contributed by atoms with Crippen LogP contribution in [0.5, 0.6) is 5.75 Å². The lowest BCUT2D eigenvalue weighted by atomic mass is 9.95. The minimum atomic E-state index is 0.137. The van der Waals surface area contributed by atoms with Crippen LogP contribution in [0.2, 0.25) is 0 Å². The van der Waals surface area contributed by atoms with Crippen LogP contribution in [0.1, 0.15) is 36.0 Å². The summed E-state index contributed by atoms with van der Waals surface area (Å²) in [7, 11) is 2.10. The summed E-state index contributed by atoms with van der Waals surface area (Å²) < 4.78 is 5.99. The minimum absolute atomic E-state index is 0.137. The molecule has 4 rings (SSSR count). The van der Waals surface area contributed by atoms with Gasteiger partial charge >= 0.3 is 0 Å². The number of benzene rings is 2. The maximum Gasteiger partial charge on any atom is 0.253 e. The molecule has 1 unspecified atom stereocenters. The summed E-state index contributed by atoms with van der Waals surface area (Å²) in [6.07, 6.45) is 4.98. The van der Waals surface area contributed by atoms with Crippen molar-refractivity contribution < 1.29 is 9.53 Å². The molecule has 2 aliphatic rings. The zero-order chi connectivity index (χ0) is 20.1. The second-order valence-electron chi connectivity index (χ2n) is 8.52. The number of carbonyl (C=O) groups is 1. The Labute approximate surface area is 174 Å². The van der Waals surface area contributed by atoms with Crippen LogP contribution in [0.25, 0.3) is 10.8 Å². The molecule has 5 nitrogen and oxygen atoms in total. The molecule has 5 heteroatoms. The smallest absolute Gasteiger partial charge is 0.253 e. The lowest BCUT2D eigenvalue weighted by Gasteiger charge is -2.32. The lowest BCUT2D eigenvalue weighted by molar-refractivity contribution is 0.0664. The van der Waals surface area contributed by atoms with Gasteiger partial charge in [0.2, 0.25) is 0 Å². The van der Waals surface area contributed by atoms with Gasteiger partial charge in [-0.2, -0.15) is 0 Å². The van der Waals surface area contributed by atoms with Crippen molar-refractivity contribution in [2.24, 2.45) is 5.92 Å². The number of carbonyl (C=O) groups excluding carboxylic acids is 1. The van der Waals surface area contributed by atoms with Crippen LogP contribution in [-0.2, 0) is 0 Å². The van der Waals surface area contributed by atoms with Gasteiger partial charge in [-0.05, 0) is 86.8 Å². The van der Waals surface area contributed by atoms with Crippen LogP contribution < -0.4 is 10.1 Å². The molecule has 2 aromatic carbocycles. The summed E-state index contributed by atoms with van der Waals surface area (Å²) in [4.78, 5) is 17.0. The van der Waals surface area contributed by atoms with E-state index in [9.17, 15) is 4.79 Å². The molecule has 0 spiro atoms. The van der Waals surface area contributed by atoms with Crippen molar-refractivity contribution in [2.75, 3.05) is 52.9 Å². The van der Waals surface area contributed by atoms with Gasteiger partial charge in [0.15, 0.2) is 0 Å². The molecular formula is C24H33N3O2. The fraction of sp³-hybridized carbons (Fsp3) is 0.542. The van der Waals surface area contributed by atoms with Crippen molar-refractivity contribution in [3.8, 4) is 5.75 Å². The van der Waals surface area contributed by atoms with E-state index in [2.05, 4.69) is 29.4 Å². The number of nitrogens with one attached hydrogen (secondary N) is 1. The average Bonchev–Trinajstić information content (AvgIpc) is 2.77. The predicted octanol–water partition coefficient (Wildman–Crippen LogP) is 3.39. The monoisotopic (exact) mass is 395 g/mol. The van der Waals surface area contributed by atoms with Crippen LogP contribution in [0, 0.1) is 5.92 Å². The first-order valence-electron chi connectivity index (χ1n) is 11.0. The van der Waals surface area contributed by atoms with Gasteiger partial charge in [0.05, 0.1) is 6.61 Å². The molecule has 0 saturated carbocycles. The van der Waals surface area contributed by atoms with Gasteiger partial charge in [-0.25, -0.2) is 0 Å². The molecule has 0 bridgehead atoms. The Balaban J connectivity index is 1.32. The van der Waals surface area contributed by atoms with E-state index < -0.39 is 0 Å². The number of likely N-dealkylation sites (N-methyl/N-ethyl adjacent to an activating group) is 1. The molecule has 1 amide bonds. The third-order valence-corrected chi connectivity index (χ3v) is 6.27. The molecule has 2 fully saturated rings. The molecule has 0 aliphatic carbocycles. The van der Waals surface area contributed by atoms with Crippen molar-refractivity contribution in [3.05, 3.63) is 42.0 Å². The van der Waals surface area contributed by atoms with Gasteiger partial charge < -0.3 is 19.9 Å². The summed E-state index contributed by atoms with van der Waals surface area (Å²) in [6, 6.07) is 12.2. The van der Waals surface area contributed by atoms with E-state index in [0.29, 0.717) is 0 Å². The third kappa shape index (κ3) is 5.28. The number of ether oxygens (including phenoxy) is 1. The van der Waals surface area contributed by atoms with Gasteiger partial charge in [0.25, 0.3) is 5.91 Å². The molecule has 1 atom stereocenters. The molecule has 2 aliphatic heterocycles. The standard InChI is InChI=1S/C24H33N3O2/c1-26-11-13-27(14-12-26)24(28)22-7-6-21-17-23(9-8-20(21)16-22)29-15-3-5-19-4-2-10-25-18-19/h6-9,16-17,19,25H,2-5,10-15,18H2,1H3. The van der Waals surface area contributed by atoms with E-state index in [1.54, 1.807) is 0 Å². The normalized spacial score (nSPS) is 20.7. The van der Waals surface area contributed by atoms with E-state index in [1.807, 2.05) is 29.2 Å². The van der Waals surface area contributed by atoms with Crippen molar-refractivity contribution in [1.82, 2.24) is 15.1 Å². The number of hydrogen-bond acceptors (Lipinski definition) is 4. The first-order valence-corrected chi connectivity index (χ1v) is 11.0. The lowest BCUT2D eigenvalue weighted by Crippen LogP contribution is -2.47. The summed E-state index contributed by atoms with van der Waals surface area (Å²) in [5.74, 6) is 1.86. The first-order chi connectivity index (χ1) is 14.2. The van der Waals surface area contributed by atoms with Crippen molar-refractivity contribution in [2.45, 2.75) is 25.7 Å². The topological polar surface area (TPSA) is 44.8 Å². The van der Waals surface area contributed by atoms with Gasteiger partial charge in [0.1, 0.15) is 5.75 Å². The number of nitrogens with zero attached hydrogens (tertiary/aromatic N) is 2. The van der Waals surface area contributed by atoms with Crippen molar-refractivity contribution in [3.63, 3.8) is 0 Å². The molecule has 29 heavy (non-hydrogen) atoms. The Morgan fingerprint density at radius 2 is 1.90 bits per heavy atom. The van der Waals surface area contributed by atoms with Crippen LogP contribution in [0.3, 0.4) is 0 Å². The fourth-order valence-corrected chi connectivity index (χ4v) is 4.37. The van der Waals surface area contributed by atoms with Gasteiger partial charge in [-0.3, -0.25) is 4.79 Å². The Morgan fingerprint density at radius 3 is 2.69 bits per heavy atom. The highest BCUT2D eigenvalue weighted by molar-refractivity contribution is 5.98. The van der Waals surface area contributed by atoms with Crippen LogP contribution in [0.15, 0.2) is 36.4 Å². The third-order valence-electron chi connectivity index (χ3n) is 6.27. The zero-order valence-electron chi connectivity index (χ0n) is 17.5. The van der Waals surface area contributed by atoms with Crippen molar-refractivity contribution in [1.29, 1.82) is 0 Å². The maximum atomic E-state index is 12.8. The Hall–Kier alpha value is -2.11. The van der Waals surface area contributed by atoms with E-state index in [1.165, 1.54) is 25.8 Å². The highest BCUT2D eigenvalue weighted by atomic mass is 16.5. The molecule has 0 aromatic heterocycles. The summed E-state index contributed by atoms with van der Waals surface area (Å²) in [5.41, 5.74) is 0.775. The minimum Gasteiger partial charge on any atom is -0.494 e. The highest BCUT2D eigenvalue weighted by Gasteiger charge is 2.20. The van der Waals surface area contributed by atoms with Gasteiger partial charge in [-0.15, -0.1) is 0 Å². The molecule has 156 valence electrons. The predicted molar refractivity (Wildman–Crippen MR) is 118 cm³/mol. The number of piperazine rings is 1. The number of piperidine rings is 1. The fourth-order valence-electron chi connectivity index (χ4n) is 4.37. The largest absolute Gasteiger partial charge is 0.494 e.